The Hall–Kier alpha value is -1.82. The average Bonchev–Trinajstić information content (AvgIpc) is 2.28. The first-order chi connectivity index (χ1) is 8.04. The van der Waals surface area contributed by atoms with E-state index in [1.807, 2.05) is 13.8 Å². The number of nitrogens with zero attached hydrogens (tertiary/aromatic N) is 1. The molecule has 0 aromatic carbocycles. The molecule has 0 saturated heterocycles. The number of aromatic nitrogens is 1. The van der Waals surface area contributed by atoms with Crippen LogP contribution in [0.3, 0.4) is 0 Å². The van der Waals surface area contributed by atoms with Crippen LogP contribution in [0.5, 0.6) is 0 Å². The molecule has 0 fully saturated rings. The Balaban J connectivity index is 2.72. The molecular formula is C11H18N4O2. The highest BCUT2D eigenvalue weighted by Gasteiger charge is 2.09. The minimum atomic E-state index is -0.564. The molecule has 0 spiro atoms. The zero-order chi connectivity index (χ0) is 12.8. The van der Waals surface area contributed by atoms with Gasteiger partial charge in [0.05, 0.1) is 24.1 Å². The fourth-order valence-corrected chi connectivity index (χ4v) is 1.35. The van der Waals surface area contributed by atoms with Gasteiger partial charge in [-0.25, -0.2) is 4.98 Å². The molecule has 1 amide bonds. The molecule has 0 aliphatic heterocycles. The van der Waals surface area contributed by atoms with E-state index >= 15 is 0 Å². The Morgan fingerprint density at radius 3 is 2.94 bits per heavy atom. The topological polar surface area (TPSA) is 103 Å². The van der Waals surface area contributed by atoms with E-state index in [-0.39, 0.29) is 17.3 Å². The molecule has 1 unspecified atom stereocenters. The smallest absolute Gasteiger partial charge is 0.250 e. The standard InChI is InChI=1S/C11H18N4O2/c1-3-17-6-7(2)15-10-4-8(11(13)16)9(12)5-14-10/h4-5,7H,3,6,12H2,1-2H3,(H2,13,16)(H,14,15). The number of rotatable bonds is 6. The van der Waals surface area contributed by atoms with Crippen LogP contribution in [0, 0.1) is 0 Å². The number of nitrogens with two attached hydrogens (primary N) is 2. The van der Waals surface area contributed by atoms with Crippen LogP contribution < -0.4 is 16.8 Å². The number of hydrogen-bond acceptors (Lipinski definition) is 5. The highest BCUT2D eigenvalue weighted by atomic mass is 16.5. The van der Waals surface area contributed by atoms with Crippen molar-refractivity contribution in [3.63, 3.8) is 0 Å². The summed E-state index contributed by atoms with van der Waals surface area (Å²) in [5.74, 6) is -0.00869. The Morgan fingerprint density at radius 1 is 1.65 bits per heavy atom. The van der Waals surface area contributed by atoms with Crippen molar-refractivity contribution in [3.05, 3.63) is 17.8 Å². The normalized spacial score (nSPS) is 12.1. The maximum absolute atomic E-state index is 11.1. The number of nitrogen functional groups attached to an aromatic ring is 1. The monoisotopic (exact) mass is 238 g/mol. The van der Waals surface area contributed by atoms with E-state index < -0.39 is 5.91 Å². The van der Waals surface area contributed by atoms with Crippen molar-refractivity contribution >= 4 is 17.4 Å². The van der Waals surface area contributed by atoms with E-state index in [9.17, 15) is 4.79 Å². The number of primary amides is 1. The SMILES string of the molecule is CCOCC(C)Nc1cc(C(N)=O)c(N)cn1. The summed E-state index contributed by atoms with van der Waals surface area (Å²) in [5.41, 5.74) is 11.3. The highest BCUT2D eigenvalue weighted by Crippen LogP contribution is 2.14. The van der Waals surface area contributed by atoms with Gasteiger partial charge in [-0.05, 0) is 19.9 Å². The van der Waals surface area contributed by atoms with Crippen molar-refractivity contribution in [2.75, 3.05) is 24.3 Å². The van der Waals surface area contributed by atoms with Crippen LogP contribution in [0.4, 0.5) is 11.5 Å². The van der Waals surface area contributed by atoms with E-state index in [0.717, 1.165) is 0 Å². The molecule has 0 aliphatic rings. The van der Waals surface area contributed by atoms with Crippen LogP contribution in [-0.4, -0.2) is 30.1 Å². The summed E-state index contributed by atoms with van der Waals surface area (Å²) in [6, 6.07) is 1.63. The zero-order valence-corrected chi connectivity index (χ0v) is 10.1. The van der Waals surface area contributed by atoms with Crippen molar-refractivity contribution < 1.29 is 9.53 Å². The minimum Gasteiger partial charge on any atom is -0.397 e. The van der Waals surface area contributed by atoms with Crippen molar-refractivity contribution in [2.24, 2.45) is 5.73 Å². The van der Waals surface area contributed by atoms with E-state index in [0.29, 0.717) is 19.0 Å². The second-order valence-corrected chi connectivity index (χ2v) is 3.73. The van der Waals surface area contributed by atoms with Gasteiger partial charge in [-0.15, -0.1) is 0 Å². The second kappa shape index (κ2) is 6.05. The quantitative estimate of drug-likeness (QED) is 0.673. The highest BCUT2D eigenvalue weighted by molar-refractivity contribution is 5.98. The third-order valence-corrected chi connectivity index (χ3v) is 2.17. The number of nitrogens with one attached hydrogen (secondary N) is 1. The van der Waals surface area contributed by atoms with E-state index in [1.165, 1.54) is 6.20 Å². The summed E-state index contributed by atoms with van der Waals surface area (Å²) in [4.78, 5) is 15.2. The van der Waals surface area contributed by atoms with Crippen LogP contribution in [0.15, 0.2) is 12.3 Å². The number of ether oxygens (including phenoxy) is 1. The number of hydrogen-bond donors (Lipinski definition) is 3. The molecule has 6 heteroatoms. The van der Waals surface area contributed by atoms with Gasteiger partial charge < -0.3 is 21.5 Å². The lowest BCUT2D eigenvalue weighted by Gasteiger charge is -2.14. The van der Waals surface area contributed by atoms with Gasteiger partial charge in [-0.3, -0.25) is 4.79 Å². The minimum absolute atomic E-state index is 0.0896. The second-order valence-electron chi connectivity index (χ2n) is 3.73. The summed E-state index contributed by atoms with van der Waals surface area (Å²) in [5, 5.41) is 3.10. The molecule has 6 nitrogen and oxygen atoms in total. The third-order valence-electron chi connectivity index (χ3n) is 2.17. The van der Waals surface area contributed by atoms with Gasteiger partial charge in [-0.2, -0.15) is 0 Å². The lowest BCUT2D eigenvalue weighted by atomic mass is 10.2. The zero-order valence-electron chi connectivity index (χ0n) is 10.1. The van der Waals surface area contributed by atoms with Crippen molar-refractivity contribution in [3.8, 4) is 0 Å². The first kappa shape index (κ1) is 13.2. The number of amides is 1. The molecule has 1 aromatic heterocycles. The molecule has 0 saturated carbocycles. The Bertz CT molecular complexity index is 395. The van der Waals surface area contributed by atoms with E-state index in [4.69, 9.17) is 16.2 Å². The van der Waals surface area contributed by atoms with Gasteiger partial charge in [0.15, 0.2) is 0 Å². The van der Waals surface area contributed by atoms with E-state index in [1.54, 1.807) is 6.07 Å². The van der Waals surface area contributed by atoms with E-state index in [2.05, 4.69) is 10.3 Å². The molecule has 17 heavy (non-hydrogen) atoms. The molecule has 0 radical (unpaired) electrons. The fraction of sp³-hybridized carbons (Fsp3) is 0.455. The lowest BCUT2D eigenvalue weighted by molar-refractivity contribution is 0.100. The molecule has 0 aliphatic carbocycles. The molecule has 0 bridgehead atoms. The molecule has 94 valence electrons. The summed E-state index contributed by atoms with van der Waals surface area (Å²) in [6.07, 6.45) is 1.41. The molecule has 5 N–H and O–H groups in total. The Kier molecular flexibility index (Phi) is 4.71. The summed E-state index contributed by atoms with van der Waals surface area (Å²) in [6.45, 7) is 5.11. The Morgan fingerprint density at radius 2 is 2.35 bits per heavy atom. The summed E-state index contributed by atoms with van der Waals surface area (Å²) >= 11 is 0. The van der Waals surface area contributed by atoms with Crippen LogP contribution in [0.1, 0.15) is 24.2 Å². The van der Waals surface area contributed by atoms with Crippen LogP contribution >= 0.6 is 0 Å². The number of carbonyl (C=O) groups is 1. The predicted octanol–water partition coefficient (Wildman–Crippen LogP) is 0.600. The Labute approximate surface area is 100 Å². The van der Waals surface area contributed by atoms with Crippen LogP contribution in [-0.2, 0) is 4.74 Å². The summed E-state index contributed by atoms with van der Waals surface area (Å²) < 4.78 is 5.26. The van der Waals surface area contributed by atoms with Gasteiger partial charge in [0.25, 0.3) is 5.91 Å². The van der Waals surface area contributed by atoms with Gasteiger partial charge in [-0.1, -0.05) is 0 Å². The first-order valence-corrected chi connectivity index (χ1v) is 5.44. The van der Waals surface area contributed by atoms with Crippen molar-refractivity contribution in [1.82, 2.24) is 4.98 Å². The maximum Gasteiger partial charge on any atom is 0.250 e. The number of anilines is 2. The first-order valence-electron chi connectivity index (χ1n) is 5.44. The predicted molar refractivity (Wildman–Crippen MR) is 66.7 cm³/mol. The van der Waals surface area contributed by atoms with Crippen molar-refractivity contribution in [1.29, 1.82) is 0 Å². The number of pyridine rings is 1. The lowest BCUT2D eigenvalue weighted by Crippen LogP contribution is -2.23. The van der Waals surface area contributed by atoms with Gasteiger partial charge in [0.1, 0.15) is 5.82 Å². The maximum atomic E-state index is 11.1. The van der Waals surface area contributed by atoms with Gasteiger partial charge >= 0.3 is 0 Å². The molecular weight excluding hydrogens is 220 g/mol. The van der Waals surface area contributed by atoms with Crippen LogP contribution in [0.25, 0.3) is 0 Å². The summed E-state index contributed by atoms with van der Waals surface area (Å²) in [7, 11) is 0. The van der Waals surface area contributed by atoms with Gasteiger partial charge in [0, 0.05) is 12.6 Å². The van der Waals surface area contributed by atoms with Crippen LogP contribution in [0.2, 0.25) is 0 Å². The largest absolute Gasteiger partial charge is 0.397 e. The molecule has 1 heterocycles. The fourth-order valence-electron chi connectivity index (χ4n) is 1.35. The van der Waals surface area contributed by atoms with Gasteiger partial charge in [0.2, 0.25) is 0 Å². The molecule has 1 rings (SSSR count). The molecule has 1 aromatic rings. The van der Waals surface area contributed by atoms with Crippen molar-refractivity contribution in [2.45, 2.75) is 19.9 Å². The number of carbonyl (C=O) groups excluding carboxylic acids is 1. The average molecular weight is 238 g/mol. The molecule has 1 atom stereocenters. The third kappa shape index (κ3) is 3.92.